The van der Waals surface area contributed by atoms with Gasteiger partial charge in [0.25, 0.3) is 0 Å². The van der Waals surface area contributed by atoms with Gasteiger partial charge in [-0.2, -0.15) is 0 Å². The Morgan fingerprint density at radius 1 is 1.10 bits per heavy atom. The Balaban J connectivity index is 2.04. The van der Waals surface area contributed by atoms with Crippen molar-refractivity contribution in [1.29, 1.82) is 0 Å². The highest BCUT2D eigenvalue weighted by Gasteiger charge is 2.06. The van der Waals surface area contributed by atoms with Crippen molar-refractivity contribution in [1.82, 2.24) is 0 Å². The second-order valence-electron chi connectivity index (χ2n) is 5.07. The van der Waals surface area contributed by atoms with E-state index < -0.39 is 0 Å². The molecule has 0 aromatic heterocycles. The predicted molar refractivity (Wildman–Crippen MR) is 85.6 cm³/mol. The summed E-state index contributed by atoms with van der Waals surface area (Å²) in [5.74, 6) is -0.285. The second kappa shape index (κ2) is 6.93. The summed E-state index contributed by atoms with van der Waals surface area (Å²) in [6.45, 7) is 7.14. The lowest BCUT2D eigenvalue weighted by Crippen LogP contribution is -2.06. The summed E-state index contributed by atoms with van der Waals surface area (Å²) in [5.41, 5.74) is 5.29. The molecule has 1 N–H and O–H groups in total. The molecular formula is C18H21NO2. The van der Waals surface area contributed by atoms with Gasteiger partial charge in [0.1, 0.15) is 0 Å². The minimum absolute atomic E-state index is 0.285. The van der Waals surface area contributed by atoms with Crippen molar-refractivity contribution in [2.45, 2.75) is 27.3 Å². The summed E-state index contributed by atoms with van der Waals surface area (Å²) in [4.78, 5) is 11.7. The normalized spacial score (nSPS) is 10.2. The first-order valence-corrected chi connectivity index (χ1v) is 7.17. The second-order valence-corrected chi connectivity index (χ2v) is 5.07. The van der Waals surface area contributed by atoms with E-state index in [9.17, 15) is 4.79 Å². The number of carbonyl (C=O) groups excluding carboxylic acids is 1. The van der Waals surface area contributed by atoms with E-state index in [4.69, 9.17) is 4.74 Å². The molecule has 0 saturated carbocycles. The molecule has 0 atom stereocenters. The van der Waals surface area contributed by atoms with Crippen LogP contribution in [0.4, 0.5) is 5.69 Å². The number of hydrogen-bond donors (Lipinski definition) is 1. The van der Waals surface area contributed by atoms with Crippen LogP contribution < -0.4 is 5.32 Å². The molecule has 0 fully saturated rings. The quantitative estimate of drug-likeness (QED) is 0.840. The van der Waals surface area contributed by atoms with E-state index in [0.717, 1.165) is 12.2 Å². The Morgan fingerprint density at radius 3 is 2.62 bits per heavy atom. The summed E-state index contributed by atoms with van der Waals surface area (Å²) in [7, 11) is 0. The van der Waals surface area contributed by atoms with Crippen molar-refractivity contribution in [2.24, 2.45) is 0 Å². The summed E-state index contributed by atoms with van der Waals surface area (Å²) in [6.07, 6.45) is 0. The zero-order valence-electron chi connectivity index (χ0n) is 12.8. The number of hydrogen-bond acceptors (Lipinski definition) is 3. The third-order valence-electron chi connectivity index (χ3n) is 3.44. The molecular weight excluding hydrogens is 262 g/mol. The van der Waals surface area contributed by atoms with E-state index in [1.54, 1.807) is 13.0 Å². The zero-order chi connectivity index (χ0) is 15.2. The summed E-state index contributed by atoms with van der Waals surface area (Å²) < 4.78 is 5.01. The largest absolute Gasteiger partial charge is 0.462 e. The van der Waals surface area contributed by atoms with E-state index in [2.05, 4.69) is 37.4 Å². The van der Waals surface area contributed by atoms with E-state index >= 15 is 0 Å². The molecule has 2 rings (SSSR count). The highest BCUT2D eigenvalue weighted by atomic mass is 16.5. The van der Waals surface area contributed by atoms with Crippen LogP contribution in [-0.4, -0.2) is 12.6 Å². The maximum atomic E-state index is 11.7. The van der Waals surface area contributed by atoms with Crippen molar-refractivity contribution in [3.05, 3.63) is 64.7 Å². The molecule has 0 radical (unpaired) electrons. The van der Waals surface area contributed by atoms with Crippen molar-refractivity contribution in [3.63, 3.8) is 0 Å². The highest BCUT2D eigenvalue weighted by Crippen LogP contribution is 2.15. The highest BCUT2D eigenvalue weighted by molar-refractivity contribution is 5.90. The maximum Gasteiger partial charge on any atom is 0.338 e. The SMILES string of the molecule is CCOC(=O)c1cccc(NCc2ccc(C)c(C)c2)c1. The van der Waals surface area contributed by atoms with Crippen molar-refractivity contribution in [3.8, 4) is 0 Å². The molecule has 2 aromatic rings. The van der Waals surface area contributed by atoms with Gasteiger partial charge in [0.05, 0.1) is 12.2 Å². The van der Waals surface area contributed by atoms with Crippen molar-refractivity contribution in [2.75, 3.05) is 11.9 Å². The topological polar surface area (TPSA) is 38.3 Å². The van der Waals surface area contributed by atoms with Gasteiger partial charge in [-0.25, -0.2) is 4.79 Å². The maximum absolute atomic E-state index is 11.7. The Morgan fingerprint density at radius 2 is 1.90 bits per heavy atom. The fraction of sp³-hybridized carbons (Fsp3) is 0.278. The zero-order valence-corrected chi connectivity index (χ0v) is 12.8. The Bertz CT molecular complexity index is 635. The number of ether oxygens (including phenoxy) is 1. The van der Waals surface area contributed by atoms with Gasteiger partial charge in [0.2, 0.25) is 0 Å². The number of benzene rings is 2. The fourth-order valence-corrected chi connectivity index (χ4v) is 2.09. The van der Waals surface area contributed by atoms with Crippen LogP contribution in [0.1, 0.15) is 34.0 Å². The van der Waals surface area contributed by atoms with Gasteiger partial charge < -0.3 is 10.1 Å². The lowest BCUT2D eigenvalue weighted by molar-refractivity contribution is 0.0526. The molecule has 2 aromatic carbocycles. The van der Waals surface area contributed by atoms with Crippen LogP contribution >= 0.6 is 0 Å². The molecule has 0 saturated heterocycles. The number of rotatable bonds is 5. The summed E-state index contributed by atoms with van der Waals surface area (Å²) in [6, 6.07) is 13.8. The van der Waals surface area contributed by atoms with E-state index in [1.807, 2.05) is 18.2 Å². The number of nitrogens with one attached hydrogen (secondary N) is 1. The molecule has 0 aliphatic carbocycles. The van der Waals surface area contributed by atoms with Crippen LogP contribution in [-0.2, 0) is 11.3 Å². The van der Waals surface area contributed by atoms with Gasteiger partial charge in [-0.3, -0.25) is 0 Å². The van der Waals surface area contributed by atoms with Crippen LogP contribution in [0.2, 0.25) is 0 Å². The van der Waals surface area contributed by atoms with E-state index in [-0.39, 0.29) is 5.97 Å². The van der Waals surface area contributed by atoms with Crippen LogP contribution in [0.3, 0.4) is 0 Å². The molecule has 0 bridgehead atoms. The van der Waals surface area contributed by atoms with Gasteiger partial charge in [0.15, 0.2) is 0 Å². The molecule has 0 aliphatic rings. The first kappa shape index (κ1) is 15.1. The average molecular weight is 283 g/mol. The first-order chi connectivity index (χ1) is 10.1. The third kappa shape index (κ3) is 4.09. The van der Waals surface area contributed by atoms with Gasteiger partial charge >= 0.3 is 5.97 Å². The van der Waals surface area contributed by atoms with Crippen LogP contribution in [0, 0.1) is 13.8 Å². The van der Waals surface area contributed by atoms with Crippen molar-refractivity contribution >= 4 is 11.7 Å². The average Bonchev–Trinajstić information content (AvgIpc) is 2.49. The Labute approximate surface area is 126 Å². The van der Waals surface area contributed by atoms with Crippen LogP contribution in [0.5, 0.6) is 0 Å². The van der Waals surface area contributed by atoms with Gasteiger partial charge in [-0.05, 0) is 55.7 Å². The fourth-order valence-electron chi connectivity index (χ4n) is 2.09. The predicted octanol–water partition coefficient (Wildman–Crippen LogP) is 4.09. The van der Waals surface area contributed by atoms with E-state index in [0.29, 0.717) is 12.2 Å². The number of anilines is 1. The molecule has 110 valence electrons. The lowest BCUT2D eigenvalue weighted by atomic mass is 10.1. The molecule has 0 aliphatic heterocycles. The Hall–Kier alpha value is -2.29. The van der Waals surface area contributed by atoms with E-state index in [1.165, 1.54) is 16.7 Å². The molecule has 3 nitrogen and oxygen atoms in total. The van der Waals surface area contributed by atoms with Crippen LogP contribution in [0.15, 0.2) is 42.5 Å². The van der Waals surface area contributed by atoms with Crippen molar-refractivity contribution < 1.29 is 9.53 Å². The minimum atomic E-state index is -0.285. The molecule has 21 heavy (non-hydrogen) atoms. The molecule has 0 heterocycles. The Kier molecular flexibility index (Phi) is 4.99. The van der Waals surface area contributed by atoms with Gasteiger partial charge in [0, 0.05) is 12.2 Å². The molecule has 0 spiro atoms. The number of esters is 1. The minimum Gasteiger partial charge on any atom is -0.462 e. The summed E-state index contributed by atoms with van der Waals surface area (Å²) >= 11 is 0. The lowest BCUT2D eigenvalue weighted by Gasteiger charge is -2.10. The monoisotopic (exact) mass is 283 g/mol. The standard InChI is InChI=1S/C18H21NO2/c1-4-21-18(20)16-6-5-7-17(11-16)19-12-15-9-8-13(2)14(3)10-15/h5-11,19H,4,12H2,1-3H3. The van der Waals surface area contributed by atoms with Gasteiger partial charge in [-0.1, -0.05) is 24.3 Å². The first-order valence-electron chi connectivity index (χ1n) is 7.17. The smallest absolute Gasteiger partial charge is 0.338 e. The molecule has 0 amide bonds. The molecule has 3 heteroatoms. The third-order valence-corrected chi connectivity index (χ3v) is 3.44. The number of carbonyl (C=O) groups is 1. The van der Waals surface area contributed by atoms with Crippen LogP contribution in [0.25, 0.3) is 0 Å². The summed E-state index contributed by atoms with van der Waals surface area (Å²) in [5, 5.41) is 3.34. The molecule has 0 unspecified atom stereocenters. The number of aryl methyl sites for hydroxylation is 2. The van der Waals surface area contributed by atoms with Gasteiger partial charge in [-0.15, -0.1) is 0 Å².